The van der Waals surface area contributed by atoms with Crippen LogP contribution in [0.15, 0.2) is 24.3 Å². The van der Waals surface area contributed by atoms with Crippen molar-refractivity contribution in [1.29, 1.82) is 0 Å². The summed E-state index contributed by atoms with van der Waals surface area (Å²) >= 11 is 0. The minimum absolute atomic E-state index is 0.341. The van der Waals surface area contributed by atoms with Crippen molar-refractivity contribution < 1.29 is 4.74 Å². The molecule has 1 saturated heterocycles. The van der Waals surface area contributed by atoms with Gasteiger partial charge < -0.3 is 10.1 Å². The highest BCUT2D eigenvalue weighted by Crippen LogP contribution is 2.29. The van der Waals surface area contributed by atoms with Crippen molar-refractivity contribution in [2.75, 3.05) is 19.7 Å². The Hall–Kier alpha value is -1.02. The first-order valence-electron chi connectivity index (χ1n) is 6.09. The van der Waals surface area contributed by atoms with E-state index in [0.717, 1.165) is 25.4 Å². The molecule has 1 aliphatic rings. The monoisotopic (exact) mass is 219 g/mol. The van der Waals surface area contributed by atoms with Crippen molar-refractivity contribution in [1.82, 2.24) is 5.32 Å². The first-order valence-corrected chi connectivity index (χ1v) is 6.09. The van der Waals surface area contributed by atoms with E-state index in [1.807, 2.05) is 6.07 Å². The highest BCUT2D eigenvalue weighted by Gasteiger charge is 2.27. The van der Waals surface area contributed by atoms with Gasteiger partial charge in [-0.3, -0.25) is 0 Å². The molecule has 1 aliphatic heterocycles. The molecule has 0 aliphatic carbocycles. The Morgan fingerprint density at radius 2 is 1.94 bits per heavy atom. The Morgan fingerprint density at radius 3 is 2.62 bits per heavy atom. The van der Waals surface area contributed by atoms with Gasteiger partial charge in [-0.25, -0.2) is 0 Å². The molecule has 0 aromatic heterocycles. The number of para-hydroxylation sites is 1. The van der Waals surface area contributed by atoms with Gasteiger partial charge in [0, 0.05) is 5.41 Å². The van der Waals surface area contributed by atoms with E-state index in [9.17, 15) is 0 Å². The number of rotatable bonds is 3. The molecule has 0 atom stereocenters. The number of nitrogens with one attached hydrogen (secondary N) is 1. The fraction of sp³-hybridized carbons (Fsp3) is 0.571. The van der Waals surface area contributed by atoms with Crippen LogP contribution in [0, 0.1) is 12.3 Å². The molecule has 88 valence electrons. The van der Waals surface area contributed by atoms with Gasteiger partial charge in [0.25, 0.3) is 0 Å². The minimum atomic E-state index is 0.341. The molecule has 0 amide bonds. The summed E-state index contributed by atoms with van der Waals surface area (Å²) in [6.45, 7) is 7.49. The van der Waals surface area contributed by atoms with Crippen LogP contribution in [0.25, 0.3) is 0 Å². The molecule has 1 N–H and O–H groups in total. The van der Waals surface area contributed by atoms with Crippen LogP contribution in [0.1, 0.15) is 25.3 Å². The van der Waals surface area contributed by atoms with Crippen molar-refractivity contribution in [2.45, 2.75) is 26.7 Å². The molecule has 1 aromatic rings. The molecule has 2 rings (SSSR count). The van der Waals surface area contributed by atoms with Crippen LogP contribution >= 0.6 is 0 Å². The van der Waals surface area contributed by atoms with E-state index in [1.54, 1.807) is 0 Å². The number of hydrogen-bond acceptors (Lipinski definition) is 2. The van der Waals surface area contributed by atoms with Gasteiger partial charge in [0.1, 0.15) is 5.75 Å². The standard InChI is InChI=1S/C14H21NO/c1-12-5-3-4-6-13(12)16-11-14(2)7-9-15-10-8-14/h3-6,15H,7-11H2,1-2H3. The summed E-state index contributed by atoms with van der Waals surface area (Å²) in [6, 6.07) is 8.24. The van der Waals surface area contributed by atoms with E-state index in [-0.39, 0.29) is 0 Å². The molecule has 16 heavy (non-hydrogen) atoms. The fourth-order valence-electron chi connectivity index (χ4n) is 2.15. The van der Waals surface area contributed by atoms with Gasteiger partial charge in [-0.15, -0.1) is 0 Å². The van der Waals surface area contributed by atoms with Crippen molar-refractivity contribution in [3.05, 3.63) is 29.8 Å². The van der Waals surface area contributed by atoms with Crippen LogP contribution in [0.4, 0.5) is 0 Å². The number of hydrogen-bond donors (Lipinski definition) is 1. The van der Waals surface area contributed by atoms with Gasteiger partial charge in [-0.2, -0.15) is 0 Å². The summed E-state index contributed by atoms with van der Waals surface area (Å²) in [6.07, 6.45) is 2.41. The lowest BCUT2D eigenvalue weighted by Crippen LogP contribution is -2.38. The van der Waals surface area contributed by atoms with Crippen molar-refractivity contribution in [2.24, 2.45) is 5.41 Å². The second kappa shape index (κ2) is 4.88. The molecule has 0 radical (unpaired) electrons. The summed E-state index contributed by atoms with van der Waals surface area (Å²) in [5.41, 5.74) is 1.56. The molecule has 1 fully saturated rings. The average Bonchev–Trinajstić information content (AvgIpc) is 2.29. The lowest BCUT2D eigenvalue weighted by atomic mass is 9.82. The zero-order valence-corrected chi connectivity index (χ0v) is 10.3. The smallest absolute Gasteiger partial charge is 0.122 e. The van der Waals surface area contributed by atoms with Crippen LogP contribution in [-0.4, -0.2) is 19.7 Å². The molecule has 0 spiro atoms. The Labute approximate surface area is 98.0 Å². The van der Waals surface area contributed by atoms with Gasteiger partial charge in [-0.05, 0) is 44.5 Å². The number of ether oxygens (including phenoxy) is 1. The third-order valence-corrected chi connectivity index (χ3v) is 3.48. The van der Waals surface area contributed by atoms with E-state index >= 15 is 0 Å². The van der Waals surface area contributed by atoms with Gasteiger partial charge in [0.05, 0.1) is 6.61 Å². The first-order chi connectivity index (χ1) is 7.70. The molecule has 0 unspecified atom stereocenters. The fourth-order valence-corrected chi connectivity index (χ4v) is 2.15. The Morgan fingerprint density at radius 1 is 1.25 bits per heavy atom. The number of benzene rings is 1. The second-order valence-corrected chi connectivity index (χ2v) is 5.11. The quantitative estimate of drug-likeness (QED) is 0.844. The normalized spacial score (nSPS) is 19.4. The highest BCUT2D eigenvalue weighted by molar-refractivity contribution is 5.31. The molecule has 0 saturated carbocycles. The Balaban J connectivity index is 1.94. The lowest BCUT2D eigenvalue weighted by Gasteiger charge is -2.33. The lowest BCUT2D eigenvalue weighted by molar-refractivity contribution is 0.123. The average molecular weight is 219 g/mol. The summed E-state index contributed by atoms with van der Waals surface area (Å²) in [5, 5.41) is 3.39. The Bertz CT molecular complexity index is 342. The third kappa shape index (κ3) is 2.76. The zero-order chi connectivity index (χ0) is 11.4. The van der Waals surface area contributed by atoms with Crippen LogP contribution in [0.2, 0.25) is 0 Å². The van der Waals surface area contributed by atoms with Crippen LogP contribution in [-0.2, 0) is 0 Å². The molecule has 0 bridgehead atoms. The number of aryl methyl sites for hydroxylation is 1. The molecule has 2 heteroatoms. The van der Waals surface area contributed by atoms with Gasteiger partial charge in [0.15, 0.2) is 0 Å². The summed E-state index contributed by atoms with van der Waals surface area (Å²) < 4.78 is 5.95. The largest absolute Gasteiger partial charge is 0.493 e. The van der Waals surface area contributed by atoms with Gasteiger partial charge in [0.2, 0.25) is 0 Å². The molecule has 1 heterocycles. The van der Waals surface area contributed by atoms with Crippen LogP contribution in [0.3, 0.4) is 0 Å². The first kappa shape index (κ1) is 11.5. The van der Waals surface area contributed by atoms with Gasteiger partial charge >= 0.3 is 0 Å². The van der Waals surface area contributed by atoms with E-state index in [1.165, 1.54) is 18.4 Å². The van der Waals surface area contributed by atoms with E-state index < -0.39 is 0 Å². The van der Waals surface area contributed by atoms with Gasteiger partial charge in [-0.1, -0.05) is 25.1 Å². The molecular formula is C14H21NO. The number of piperidine rings is 1. The molecule has 2 nitrogen and oxygen atoms in total. The third-order valence-electron chi connectivity index (χ3n) is 3.48. The maximum Gasteiger partial charge on any atom is 0.122 e. The predicted molar refractivity (Wildman–Crippen MR) is 66.9 cm³/mol. The molecule has 1 aromatic carbocycles. The molecular weight excluding hydrogens is 198 g/mol. The second-order valence-electron chi connectivity index (χ2n) is 5.11. The Kier molecular flexibility index (Phi) is 3.49. The zero-order valence-electron chi connectivity index (χ0n) is 10.3. The van der Waals surface area contributed by atoms with Crippen LogP contribution < -0.4 is 10.1 Å². The SMILES string of the molecule is Cc1ccccc1OCC1(C)CCNCC1. The maximum atomic E-state index is 5.95. The summed E-state index contributed by atoms with van der Waals surface area (Å²) in [5.74, 6) is 1.03. The summed E-state index contributed by atoms with van der Waals surface area (Å²) in [4.78, 5) is 0. The van der Waals surface area contributed by atoms with E-state index in [0.29, 0.717) is 5.41 Å². The van der Waals surface area contributed by atoms with Crippen LogP contribution in [0.5, 0.6) is 5.75 Å². The van der Waals surface area contributed by atoms with Crippen molar-refractivity contribution in [3.63, 3.8) is 0 Å². The van der Waals surface area contributed by atoms with E-state index in [2.05, 4.69) is 37.4 Å². The summed E-state index contributed by atoms with van der Waals surface area (Å²) in [7, 11) is 0. The van der Waals surface area contributed by atoms with Crippen molar-refractivity contribution in [3.8, 4) is 5.75 Å². The predicted octanol–water partition coefficient (Wildman–Crippen LogP) is 2.76. The highest BCUT2D eigenvalue weighted by atomic mass is 16.5. The maximum absolute atomic E-state index is 5.95. The van der Waals surface area contributed by atoms with E-state index in [4.69, 9.17) is 4.74 Å². The van der Waals surface area contributed by atoms with Crippen molar-refractivity contribution >= 4 is 0 Å². The minimum Gasteiger partial charge on any atom is -0.493 e. The topological polar surface area (TPSA) is 21.3 Å².